The average Bonchev–Trinajstić information content (AvgIpc) is 2.70. The van der Waals surface area contributed by atoms with E-state index in [1.54, 1.807) is 0 Å². The van der Waals surface area contributed by atoms with Gasteiger partial charge in [0.25, 0.3) is 0 Å². The van der Waals surface area contributed by atoms with Gasteiger partial charge in [-0.25, -0.2) is 0 Å². The Kier molecular flexibility index (Phi) is 3.65. The summed E-state index contributed by atoms with van der Waals surface area (Å²) in [4.78, 5) is 2.61. The summed E-state index contributed by atoms with van der Waals surface area (Å²) in [5.41, 5.74) is 7.16. The summed E-state index contributed by atoms with van der Waals surface area (Å²) in [6.07, 6.45) is 5.10. The van der Waals surface area contributed by atoms with Crippen molar-refractivity contribution in [3.8, 4) is 5.75 Å². The maximum absolute atomic E-state index is 5.87. The quantitative estimate of drug-likeness (QED) is 0.904. The van der Waals surface area contributed by atoms with Crippen LogP contribution in [0, 0.1) is 5.92 Å². The molecule has 2 unspecified atom stereocenters. The van der Waals surface area contributed by atoms with E-state index in [-0.39, 0.29) is 0 Å². The van der Waals surface area contributed by atoms with Crippen LogP contribution in [0.2, 0.25) is 0 Å². The minimum atomic E-state index is 0.661. The van der Waals surface area contributed by atoms with Crippen LogP contribution in [-0.4, -0.2) is 25.2 Å². The number of hydrogen-bond acceptors (Lipinski definition) is 3. The fraction of sp³-hybridized carbons (Fsp3) is 0.625. The molecule has 1 aromatic rings. The molecule has 3 rings (SSSR count). The van der Waals surface area contributed by atoms with E-state index in [9.17, 15) is 0 Å². The highest BCUT2D eigenvalue weighted by atomic mass is 16.5. The monoisotopic (exact) mass is 260 g/mol. The lowest BCUT2D eigenvalue weighted by Gasteiger charge is -2.41. The minimum absolute atomic E-state index is 0.661. The third-order valence-corrected chi connectivity index (χ3v) is 4.61. The van der Waals surface area contributed by atoms with E-state index in [0.29, 0.717) is 18.0 Å². The highest BCUT2D eigenvalue weighted by molar-refractivity contribution is 5.61. The zero-order valence-electron chi connectivity index (χ0n) is 11.7. The number of nitrogens with zero attached hydrogens (tertiary/aromatic N) is 1. The number of benzene rings is 1. The molecule has 0 amide bonds. The first kappa shape index (κ1) is 12.8. The predicted octanol–water partition coefficient (Wildman–Crippen LogP) is 2.79. The summed E-state index contributed by atoms with van der Waals surface area (Å²) >= 11 is 0. The van der Waals surface area contributed by atoms with Crippen LogP contribution in [0.5, 0.6) is 5.75 Å². The third kappa shape index (κ3) is 2.32. The van der Waals surface area contributed by atoms with E-state index < -0.39 is 0 Å². The summed E-state index contributed by atoms with van der Waals surface area (Å²) in [6, 6.07) is 9.80. The second-order valence-electron chi connectivity index (χ2n) is 5.77. The Morgan fingerprint density at radius 3 is 2.53 bits per heavy atom. The Balaban J connectivity index is 1.87. The summed E-state index contributed by atoms with van der Waals surface area (Å²) in [7, 11) is 0. The Labute approximate surface area is 115 Å². The zero-order chi connectivity index (χ0) is 13.2. The molecule has 2 aliphatic rings. The number of para-hydroxylation sites is 2. The lowest BCUT2D eigenvalue weighted by Crippen LogP contribution is -2.44. The van der Waals surface area contributed by atoms with Gasteiger partial charge in [-0.2, -0.15) is 0 Å². The van der Waals surface area contributed by atoms with Crippen molar-refractivity contribution in [1.82, 2.24) is 0 Å². The molecular formula is C16H24N2O. The van der Waals surface area contributed by atoms with Crippen molar-refractivity contribution in [2.24, 2.45) is 11.7 Å². The molecule has 2 atom stereocenters. The van der Waals surface area contributed by atoms with Crippen molar-refractivity contribution in [2.45, 2.75) is 44.7 Å². The molecule has 0 saturated carbocycles. The van der Waals surface area contributed by atoms with Gasteiger partial charge in [-0.1, -0.05) is 12.1 Å². The molecule has 0 spiro atoms. The van der Waals surface area contributed by atoms with E-state index in [2.05, 4.69) is 29.2 Å². The molecule has 2 saturated heterocycles. The highest BCUT2D eigenvalue weighted by Gasteiger charge is 2.41. The molecule has 0 aliphatic carbocycles. The highest BCUT2D eigenvalue weighted by Crippen LogP contribution is 2.44. The first-order valence-electron chi connectivity index (χ1n) is 7.53. The number of hydrogen-bond donors (Lipinski definition) is 1. The molecule has 104 valence electrons. The fourth-order valence-electron chi connectivity index (χ4n) is 3.82. The molecule has 3 heteroatoms. The molecule has 2 N–H and O–H groups in total. The van der Waals surface area contributed by atoms with E-state index in [4.69, 9.17) is 10.5 Å². The van der Waals surface area contributed by atoms with Crippen LogP contribution in [0.15, 0.2) is 24.3 Å². The molecule has 0 aromatic heterocycles. The summed E-state index contributed by atoms with van der Waals surface area (Å²) < 4.78 is 5.80. The molecule has 2 fully saturated rings. The maximum atomic E-state index is 5.87. The fourth-order valence-corrected chi connectivity index (χ4v) is 3.82. The van der Waals surface area contributed by atoms with Crippen LogP contribution in [0.4, 0.5) is 5.69 Å². The van der Waals surface area contributed by atoms with Crippen molar-refractivity contribution >= 4 is 5.69 Å². The second kappa shape index (κ2) is 5.41. The molecule has 0 radical (unpaired) electrons. The Hall–Kier alpha value is -1.22. The number of piperidine rings is 1. The lowest BCUT2D eigenvalue weighted by molar-refractivity contribution is 0.324. The normalized spacial score (nSPS) is 29.6. The van der Waals surface area contributed by atoms with Gasteiger partial charge in [0.15, 0.2) is 0 Å². The Morgan fingerprint density at radius 2 is 1.89 bits per heavy atom. The average molecular weight is 260 g/mol. The van der Waals surface area contributed by atoms with Crippen molar-refractivity contribution in [2.75, 3.05) is 18.1 Å². The van der Waals surface area contributed by atoms with Crippen LogP contribution < -0.4 is 15.4 Å². The molecule has 3 nitrogen and oxygen atoms in total. The standard InChI is InChI=1S/C16H24N2O/c1-2-19-16-6-4-3-5-15(16)18-13-7-8-14(18)10-12(9-13)11-17/h3-6,12-14H,2,7-11,17H2,1H3. The van der Waals surface area contributed by atoms with Gasteiger partial charge in [-0.3, -0.25) is 0 Å². The number of ether oxygens (including phenoxy) is 1. The maximum Gasteiger partial charge on any atom is 0.142 e. The minimum Gasteiger partial charge on any atom is -0.492 e. The van der Waals surface area contributed by atoms with Gasteiger partial charge < -0.3 is 15.4 Å². The van der Waals surface area contributed by atoms with E-state index in [1.807, 2.05) is 6.92 Å². The number of anilines is 1. The number of fused-ring (bicyclic) bond motifs is 2. The number of nitrogens with two attached hydrogens (primary N) is 1. The van der Waals surface area contributed by atoms with Crippen LogP contribution in [-0.2, 0) is 0 Å². The second-order valence-corrected chi connectivity index (χ2v) is 5.77. The molecule has 19 heavy (non-hydrogen) atoms. The van der Waals surface area contributed by atoms with E-state index >= 15 is 0 Å². The largest absolute Gasteiger partial charge is 0.492 e. The van der Waals surface area contributed by atoms with Crippen LogP contribution in [0.3, 0.4) is 0 Å². The topological polar surface area (TPSA) is 38.5 Å². The van der Waals surface area contributed by atoms with E-state index in [0.717, 1.165) is 18.9 Å². The van der Waals surface area contributed by atoms with Crippen LogP contribution >= 0.6 is 0 Å². The molecule has 2 heterocycles. The Morgan fingerprint density at radius 1 is 1.21 bits per heavy atom. The summed E-state index contributed by atoms with van der Waals surface area (Å²) in [5, 5.41) is 0. The summed E-state index contributed by atoms with van der Waals surface area (Å²) in [5.74, 6) is 1.75. The zero-order valence-corrected chi connectivity index (χ0v) is 11.7. The molecule has 1 aromatic carbocycles. The van der Waals surface area contributed by atoms with E-state index in [1.165, 1.54) is 31.4 Å². The smallest absolute Gasteiger partial charge is 0.142 e. The first-order valence-corrected chi connectivity index (χ1v) is 7.53. The Bertz CT molecular complexity index is 421. The van der Waals surface area contributed by atoms with Gasteiger partial charge in [0.2, 0.25) is 0 Å². The van der Waals surface area contributed by atoms with Crippen molar-refractivity contribution < 1.29 is 4.74 Å². The van der Waals surface area contributed by atoms with Gasteiger partial charge >= 0.3 is 0 Å². The van der Waals surface area contributed by atoms with Gasteiger partial charge in [0.05, 0.1) is 12.3 Å². The van der Waals surface area contributed by atoms with Gasteiger partial charge in [0, 0.05) is 12.1 Å². The van der Waals surface area contributed by atoms with Crippen LogP contribution in [0.25, 0.3) is 0 Å². The SMILES string of the molecule is CCOc1ccccc1N1C2CCC1CC(CN)C2. The lowest BCUT2D eigenvalue weighted by atomic mass is 9.90. The molecule has 2 bridgehead atoms. The van der Waals surface area contributed by atoms with Gasteiger partial charge in [-0.05, 0) is 57.2 Å². The summed E-state index contributed by atoms with van der Waals surface area (Å²) in [6.45, 7) is 3.62. The van der Waals surface area contributed by atoms with Crippen molar-refractivity contribution in [3.05, 3.63) is 24.3 Å². The first-order chi connectivity index (χ1) is 9.33. The molecule has 2 aliphatic heterocycles. The molecular weight excluding hydrogens is 236 g/mol. The van der Waals surface area contributed by atoms with Gasteiger partial charge in [-0.15, -0.1) is 0 Å². The number of rotatable bonds is 4. The van der Waals surface area contributed by atoms with Crippen molar-refractivity contribution in [1.29, 1.82) is 0 Å². The third-order valence-electron chi connectivity index (χ3n) is 4.61. The predicted molar refractivity (Wildman–Crippen MR) is 78.7 cm³/mol. The van der Waals surface area contributed by atoms with Crippen LogP contribution in [0.1, 0.15) is 32.6 Å². The van der Waals surface area contributed by atoms with Crippen molar-refractivity contribution in [3.63, 3.8) is 0 Å². The van der Waals surface area contributed by atoms with Gasteiger partial charge in [0.1, 0.15) is 5.75 Å².